The number of halogens is 1. The molecule has 0 aliphatic rings. The zero-order valence-electron chi connectivity index (χ0n) is 9.50. The van der Waals surface area contributed by atoms with Gasteiger partial charge in [0.15, 0.2) is 5.82 Å². The molecule has 7 heteroatoms. The standard InChI is InChI=1S/C11H9ClN4OS/c1-17-6-9-13-14-11-16(9)15-10(18-11)7-4-2-3-5-8(7)12/h2-5H,6H2,1H3. The summed E-state index contributed by atoms with van der Waals surface area (Å²) in [6, 6.07) is 7.60. The maximum atomic E-state index is 6.15. The minimum absolute atomic E-state index is 0.382. The zero-order valence-corrected chi connectivity index (χ0v) is 11.1. The zero-order chi connectivity index (χ0) is 12.5. The van der Waals surface area contributed by atoms with Gasteiger partial charge in [0.25, 0.3) is 0 Å². The fourth-order valence-corrected chi connectivity index (χ4v) is 2.80. The Labute approximate surface area is 112 Å². The first-order chi connectivity index (χ1) is 8.79. The molecule has 0 unspecified atom stereocenters. The lowest BCUT2D eigenvalue weighted by Crippen LogP contribution is -1.97. The Morgan fingerprint density at radius 1 is 1.33 bits per heavy atom. The van der Waals surface area contributed by atoms with Crippen molar-refractivity contribution < 1.29 is 4.74 Å². The van der Waals surface area contributed by atoms with Crippen molar-refractivity contribution >= 4 is 27.9 Å². The first kappa shape index (κ1) is 11.6. The lowest BCUT2D eigenvalue weighted by Gasteiger charge is -1.97. The second-order valence-electron chi connectivity index (χ2n) is 3.63. The average molecular weight is 281 g/mol. The molecule has 0 amide bonds. The lowest BCUT2D eigenvalue weighted by atomic mass is 10.2. The highest BCUT2D eigenvalue weighted by atomic mass is 35.5. The number of aromatic nitrogens is 4. The van der Waals surface area contributed by atoms with E-state index in [2.05, 4.69) is 15.3 Å². The van der Waals surface area contributed by atoms with Gasteiger partial charge in [-0.1, -0.05) is 41.1 Å². The third-order valence-electron chi connectivity index (χ3n) is 2.43. The molecule has 3 rings (SSSR count). The van der Waals surface area contributed by atoms with E-state index in [1.165, 1.54) is 11.3 Å². The molecule has 2 aromatic heterocycles. The molecule has 18 heavy (non-hydrogen) atoms. The molecule has 5 nitrogen and oxygen atoms in total. The van der Waals surface area contributed by atoms with Crippen LogP contribution in [0.5, 0.6) is 0 Å². The Kier molecular flexibility index (Phi) is 2.99. The summed E-state index contributed by atoms with van der Waals surface area (Å²) in [5.41, 5.74) is 0.901. The molecule has 0 fully saturated rings. The number of ether oxygens (including phenoxy) is 1. The van der Waals surface area contributed by atoms with E-state index in [0.29, 0.717) is 17.5 Å². The smallest absolute Gasteiger partial charge is 0.235 e. The molecule has 0 aliphatic carbocycles. The SMILES string of the molecule is COCc1nnc2sc(-c3ccccc3Cl)nn12. The van der Waals surface area contributed by atoms with E-state index < -0.39 is 0 Å². The molecule has 0 bridgehead atoms. The number of nitrogens with zero attached hydrogens (tertiary/aromatic N) is 4. The third kappa shape index (κ3) is 1.88. The van der Waals surface area contributed by atoms with Crippen LogP contribution in [-0.4, -0.2) is 26.9 Å². The minimum atomic E-state index is 0.382. The summed E-state index contributed by atoms with van der Waals surface area (Å²) in [7, 11) is 1.61. The van der Waals surface area contributed by atoms with E-state index in [1.54, 1.807) is 11.6 Å². The summed E-state index contributed by atoms with van der Waals surface area (Å²) < 4.78 is 6.74. The van der Waals surface area contributed by atoms with Gasteiger partial charge in [-0.15, -0.1) is 10.2 Å². The van der Waals surface area contributed by atoms with Gasteiger partial charge in [0.05, 0.1) is 5.02 Å². The predicted molar refractivity (Wildman–Crippen MR) is 69.8 cm³/mol. The fraction of sp³-hybridized carbons (Fsp3) is 0.182. The molecule has 3 aromatic rings. The van der Waals surface area contributed by atoms with Crippen LogP contribution in [0.2, 0.25) is 5.02 Å². The minimum Gasteiger partial charge on any atom is -0.377 e. The summed E-state index contributed by atoms with van der Waals surface area (Å²) in [6.45, 7) is 0.382. The first-order valence-corrected chi connectivity index (χ1v) is 6.44. The van der Waals surface area contributed by atoms with Crippen molar-refractivity contribution in [2.24, 2.45) is 0 Å². The number of fused-ring (bicyclic) bond motifs is 1. The van der Waals surface area contributed by atoms with Crippen LogP contribution < -0.4 is 0 Å². The van der Waals surface area contributed by atoms with Crippen molar-refractivity contribution in [1.29, 1.82) is 0 Å². The van der Waals surface area contributed by atoms with Gasteiger partial charge in [-0.2, -0.15) is 9.61 Å². The highest BCUT2D eigenvalue weighted by Gasteiger charge is 2.14. The van der Waals surface area contributed by atoms with Gasteiger partial charge in [-0.3, -0.25) is 0 Å². The second kappa shape index (κ2) is 4.64. The van der Waals surface area contributed by atoms with Gasteiger partial charge in [-0.25, -0.2) is 0 Å². The van der Waals surface area contributed by atoms with Crippen LogP contribution in [-0.2, 0) is 11.3 Å². The maximum Gasteiger partial charge on any atom is 0.235 e. The van der Waals surface area contributed by atoms with E-state index >= 15 is 0 Å². The van der Waals surface area contributed by atoms with Gasteiger partial charge in [0.1, 0.15) is 11.6 Å². The van der Waals surface area contributed by atoms with E-state index in [9.17, 15) is 0 Å². The molecule has 0 N–H and O–H groups in total. The van der Waals surface area contributed by atoms with Gasteiger partial charge < -0.3 is 4.74 Å². The van der Waals surface area contributed by atoms with Gasteiger partial charge in [-0.05, 0) is 6.07 Å². The molecule has 92 valence electrons. The van der Waals surface area contributed by atoms with Gasteiger partial charge >= 0.3 is 0 Å². The maximum absolute atomic E-state index is 6.15. The van der Waals surface area contributed by atoms with E-state index in [4.69, 9.17) is 16.3 Å². The summed E-state index contributed by atoms with van der Waals surface area (Å²) in [5.74, 6) is 0.682. The van der Waals surface area contributed by atoms with E-state index in [0.717, 1.165) is 15.5 Å². The largest absolute Gasteiger partial charge is 0.377 e. The van der Waals surface area contributed by atoms with Crippen molar-refractivity contribution in [3.63, 3.8) is 0 Å². The molecule has 0 radical (unpaired) electrons. The van der Waals surface area contributed by atoms with Crippen LogP contribution in [0.3, 0.4) is 0 Å². The van der Waals surface area contributed by atoms with Gasteiger partial charge in [0.2, 0.25) is 4.96 Å². The molecule has 0 spiro atoms. The third-order valence-corrected chi connectivity index (χ3v) is 3.69. The van der Waals surface area contributed by atoms with Crippen LogP contribution >= 0.6 is 22.9 Å². The molecule has 2 heterocycles. The van der Waals surface area contributed by atoms with E-state index in [1.807, 2.05) is 24.3 Å². The summed E-state index contributed by atoms with van der Waals surface area (Å²) in [4.78, 5) is 0.733. The van der Waals surface area contributed by atoms with E-state index in [-0.39, 0.29) is 0 Å². The molecule has 0 saturated carbocycles. The molecule has 1 aromatic carbocycles. The van der Waals surface area contributed by atoms with Gasteiger partial charge in [0, 0.05) is 12.7 Å². The molecule has 0 aliphatic heterocycles. The average Bonchev–Trinajstić information content (AvgIpc) is 2.92. The normalized spacial score (nSPS) is 11.2. The van der Waals surface area contributed by atoms with Crippen LogP contribution in [0.15, 0.2) is 24.3 Å². The monoisotopic (exact) mass is 280 g/mol. The second-order valence-corrected chi connectivity index (χ2v) is 4.99. The van der Waals surface area contributed by atoms with Crippen molar-refractivity contribution in [3.05, 3.63) is 35.1 Å². The summed E-state index contributed by atoms with van der Waals surface area (Å²) >= 11 is 7.60. The number of methoxy groups -OCH3 is 1. The Hall–Kier alpha value is -1.50. The first-order valence-electron chi connectivity index (χ1n) is 5.24. The van der Waals surface area contributed by atoms with Crippen LogP contribution in [0.25, 0.3) is 15.5 Å². The van der Waals surface area contributed by atoms with Crippen LogP contribution in [0.1, 0.15) is 5.82 Å². The number of rotatable bonds is 3. The quantitative estimate of drug-likeness (QED) is 0.740. The predicted octanol–water partition coefficient (Wildman–Crippen LogP) is 2.65. The molecular formula is C11H9ClN4OS. The number of hydrogen-bond donors (Lipinski definition) is 0. The van der Waals surface area contributed by atoms with Crippen molar-refractivity contribution in [2.45, 2.75) is 6.61 Å². The van der Waals surface area contributed by atoms with Crippen molar-refractivity contribution in [3.8, 4) is 10.6 Å². The lowest BCUT2D eigenvalue weighted by molar-refractivity contribution is 0.176. The highest BCUT2D eigenvalue weighted by molar-refractivity contribution is 7.19. The molecular weight excluding hydrogens is 272 g/mol. The molecule has 0 saturated heterocycles. The fourth-order valence-electron chi connectivity index (χ4n) is 1.62. The number of hydrogen-bond acceptors (Lipinski definition) is 5. The Balaban J connectivity index is 2.11. The Morgan fingerprint density at radius 3 is 2.94 bits per heavy atom. The molecule has 0 atom stereocenters. The van der Waals surface area contributed by atoms with Crippen molar-refractivity contribution in [2.75, 3.05) is 7.11 Å². The van der Waals surface area contributed by atoms with Crippen molar-refractivity contribution in [1.82, 2.24) is 19.8 Å². The topological polar surface area (TPSA) is 52.3 Å². The number of benzene rings is 1. The Morgan fingerprint density at radius 2 is 2.17 bits per heavy atom. The highest BCUT2D eigenvalue weighted by Crippen LogP contribution is 2.30. The van der Waals surface area contributed by atoms with Crippen LogP contribution in [0.4, 0.5) is 0 Å². The summed E-state index contributed by atoms with van der Waals surface area (Å²) in [5, 5.41) is 14.0. The Bertz CT molecular complexity index is 693. The summed E-state index contributed by atoms with van der Waals surface area (Å²) in [6.07, 6.45) is 0. The van der Waals surface area contributed by atoms with Crippen LogP contribution in [0, 0.1) is 0 Å².